The first-order valence-corrected chi connectivity index (χ1v) is 5.51. The Balaban J connectivity index is 2.31. The normalized spacial score (nSPS) is 16.9. The second kappa shape index (κ2) is 4.83. The zero-order valence-electron chi connectivity index (χ0n) is 9.41. The summed E-state index contributed by atoms with van der Waals surface area (Å²) in [7, 11) is 0. The summed E-state index contributed by atoms with van der Waals surface area (Å²) in [6.45, 7) is 0.402. The predicted molar refractivity (Wildman–Crippen MR) is 59.4 cm³/mol. The molecule has 18 heavy (non-hydrogen) atoms. The first kappa shape index (κ1) is 12.7. The van der Waals surface area contributed by atoms with Gasteiger partial charge in [-0.1, -0.05) is 0 Å². The molecule has 1 aliphatic rings. The Bertz CT molecular complexity index is 450. The van der Waals surface area contributed by atoms with E-state index in [1.165, 1.54) is 4.90 Å². The second-order valence-corrected chi connectivity index (χ2v) is 4.18. The molecule has 4 nitrogen and oxygen atoms in total. The first-order chi connectivity index (χ1) is 8.49. The van der Waals surface area contributed by atoms with E-state index < -0.39 is 28.4 Å². The van der Waals surface area contributed by atoms with Crippen molar-refractivity contribution in [3.05, 3.63) is 33.9 Å². The van der Waals surface area contributed by atoms with Crippen LogP contribution in [0.5, 0.6) is 0 Å². The Kier molecular flexibility index (Phi) is 3.40. The van der Waals surface area contributed by atoms with E-state index in [0.29, 0.717) is 12.1 Å². The van der Waals surface area contributed by atoms with Crippen molar-refractivity contribution in [3.8, 4) is 0 Å². The van der Waals surface area contributed by atoms with Gasteiger partial charge in [-0.05, 0) is 12.8 Å². The van der Waals surface area contributed by atoms with E-state index in [4.69, 9.17) is 0 Å². The summed E-state index contributed by atoms with van der Waals surface area (Å²) in [5.41, 5.74) is -0.943. The number of hydrogen-bond acceptors (Lipinski definition) is 3. The maximum atomic E-state index is 13.7. The lowest BCUT2D eigenvalue weighted by Gasteiger charge is -2.30. The molecule has 0 spiro atoms. The van der Waals surface area contributed by atoms with Crippen molar-refractivity contribution in [2.24, 2.45) is 0 Å². The monoisotopic (exact) mass is 260 g/mol. The summed E-state index contributed by atoms with van der Waals surface area (Å²) < 4.78 is 40.3. The van der Waals surface area contributed by atoms with Gasteiger partial charge in [-0.25, -0.2) is 13.2 Å². The summed E-state index contributed by atoms with van der Waals surface area (Å²) in [6.07, 6.45) is -0.545. The van der Waals surface area contributed by atoms with E-state index in [2.05, 4.69) is 0 Å². The highest BCUT2D eigenvalue weighted by atomic mass is 19.1. The Hall–Kier alpha value is -1.79. The van der Waals surface area contributed by atoms with Gasteiger partial charge >= 0.3 is 0 Å². The molecule has 1 aromatic rings. The second-order valence-electron chi connectivity index (χ2n) is 4.18. The van der Waals surface area contributed by atoms with Crippen LogP contribution >= 0.6 is 0 Å². The third-order valence-electron chi connectivity index (χ3n) is 2.95. The molecule has 1 saturated heterocycles. The molecule has 1 aliphatic heterocycles. The van der Waals surface area contributed by atoms with E-state index in [1.54, 1.807) is 0 Å². The minimum Gasteiger partial charge on any atom is -0.367 e. The number of anilines is 1. The predicted octanol–water partition coefficient (Wildman–Crippen LogP) is 2.81. The molecule has 1 aromatic carbocycles. The maximum Gasteiger partial charge on any atom is 0.275 e. The lowest BCUT2D eigenvalue weighted by Crippen LogP contribution is -2.35. The highest BCUT2D eigenvalue weighted by molar-refractivity contribution is 5.54. The zero-order valence-corrected chi connectivity index (χ0v) is 9.41. The Morgan fingerprint density at radius 1 is 1.22 bits per heavy atom. The average Bonchev–Trinajstić information content (AvgIpc) is 2.30. The molecule has 0 atom stereocenters. The van der Waals surface area contributed by atoms with Crippen LogP contribution in [0.2, 0.25) is 0 Å². The summed E-state index contributed by atoms with van der Waals surface area (Å²) in [5.74, 6) is -1.97. The number of nitro benzene ring substituents is 1. The number of nitro groups is 1. The number of rotatable bonds is 2. The van der Waals surface area contributed by atoms with Crippen molar-refractivity contribution < 1.29 is 18.1 Å². The van der Waals surface area contributed by atoms with E-state index in [0.717, 1.165) is 0 Å². The molecule has 0 amide bonds. The smallest absolute Gasteiger partial charge is 0.275 e. The first-order valence-electron chi connectivity index (χ1n) is 5.51. The summed E-state index contributed by atoms with van der Waals surface area (Å²) >= 11 is 0. The molecule has 0 unspecified atom stereocenters. The molecule has 0 aliphatic carbocycles. The third kappa shape index (κ3) is 2.39. The largest absolute Gasteiger partial charge is 0.367 e. The number of hydrogen-bond donors (Lipinski definition) is 0. The molecule has 1 heterocycles. The van der Waals surface area contributed by atoms with Crippen LogP contribution < -0.4 is 4.90 Å². The summed E-state index contributed by atoms with van der Waals surface area (Å²) in [6, 6.07) is 1.36. The van der Waals surface area contributed by atoms with Crippen LogP contribution in [0.3, 0.4) is 0 Å². The van der Waals surface area contributed by atoms with Crippen molar-refractivity contribution in [3.63, 3.8) is 0 Å². The number of piperidine rings is 1. The maximum absolute atomic E-state index is 13.7. The molecule has 0 aromatic heterocycles. The minimum atomic E-state index is -0.987. The van der Waals surface area contributed by atoms with Crippen molar-refractivity contribution in [2.45, 2.75) is 19.0 Å². The molecule has 0 saturated carbocycles. The van der Waals surface area contributed by atoms with Crippen LogP contribution in [0.25, 0.3) is 0 Å². The van der Waals surface area contributed by atoms with Crippen molar-refractivity contribution >= 4 is 11.4 Å². The van der Waals surface area contributed by atoms with Gasteiger partial charge < -0.3 is 4.90 Å². The standard InChI is InChI=1S/C11H11F3N2O2/c12-7-1-3-15(4-2-7)11-9(13)5-8(16(17)18)6-10(11)14/h5-7H,1-4H2. The Labute approximate surface area is 101 Å². The molecular formula is C11H11F3N2O2. The van der Waals surface area contributed by atoms with Gasteiger partial charge in [-0.2, -0.15) is 0 Å². The van der Waals surface area contributed by atoms with Crippen LogP contribution in [0, 0.1) is 21.7 Å². The molecular weight excluding hydrogens is 249 g/mol. The van der Waals surface area contributed by atoms with Crippen LogP contribution in [0.15, 0.2) is 12.1 Å². The number of nitrogens with zero attached hydrogens (tertiary/aromatic N) is 2. The van der Waals surface area contributed by atoms with Crippen LogP contribution in [0.1, 0.15) is 12.8 Å². The lowest BCUT2D eigenvalue weighted by atomic mass is 10.1. The van der Waals surface area contributed by atoms with Gasteiger partial charge in [-0.3, -0.25) is 10.1 Å². The quantitative estimate of drug-likeness (QED) is 0.606. The fraction of sp³-hybridized carbons (Fsp3) is 0.455. The summed E-state index contributed by atoms with van der Waals surface area (Å²) in [4.78, 5) is 11.0. The van der Waals surface area contributed by atoms with Crippen molar-refractivity contribution in [2.75, 3.05) is 18.0 Å². The summed E-state index contributed by atoms with van der Waals surface area (Å²) in [5, 5.41) is 10.4. The molecule has 1 fully saturated rings. The molecule has 2 rings (SSSR count). The number of non-ortho nitro benzene ring substituents is 1. The molecule has 7 heteroatoms. The average molecular weight is 260 g/mol. The third-order valence-corrected chi connectivity index (χ3v) is 2.95. The van der Waals surface area contributed by atoms with E-state index >= 15 is 0 Å². The lowest BCUT2D eigenvalue weighted by molar-refractivity contribution is -0.385. The van der Waals surface area contributed by atoms with Crippen LogP contribution in [-0.4, -0.2) is 24.2 Å². The highest BCUT2D eigenvalue weighted by Crippen LogP contribution is 2.30. The number of halogens is 3. The Morgan fingerprint density at radius 2 is 1.72 bits per heavy atom. The van der Waals surface area contributed by atoms with Gasteiger partial charge in [0.1, 0.15) is 11.9 Å². The van der Waals surface area contributed by atoms with Gasteiger partial charge in [0, 0.05) is 13.1 Å². The molecule has 0 N–H and O–H groups in total. The van der Waals surface area contributed by atoms with Crippen molar-refractivity contribution in [1.29, 1.82) is 0 Å². The van der Waals surface area contributed by atoms with Gasteiger partial charge in [0.2, 0.25) is 0 Å². The highest BCUT2D eigenvalue weighted by Gasteiger charge is 2.25. The van der Waals surface area contributed by atoms with Gasteiger partial charge in [0.15, 0.2) is 11.6 Å². The van der Waals surface area contributed by atoms with Gasteiger partial charge in [0.05, 0.1) is 17.1 Å². The Morgan fingerprint density at radius 3 is 2.17 bits per heavy atom. The zero-order chi connectivity index (χ0) is 13.3. The number of alkyl halides is 1. The molecule has 98 valence electrons. The molecule has 0 bridgehead atoms. The van der Waals surface area contributed by atoms with Gasteiger partial charge in [-0.15, -0.1) is 0 Å². The van der Waals surface area contributed by atoms with Crippen LogP contribution in [-0.2, 0) is 0 Å². The van der Waals surface area contributed by atoms with E-state index in [1.807, 2.05) is 0 Å². The van der Waals surface area contributed by atoms with E-state index in [9.17, 15) is 23.3 Å². The fourth-order valence-corrected chi connectivity index (χ4v) is 2.03. The van der Waals surface area contributed by atoms with Gasteiger partial charge in [0.25, 0.3) is 5.69 Å². The van der Waals surface area contributed by atoms with Crippen LogP contribution in [0.4, 0.5) is 24.5 Å². The van der Waals surface area contributed by atoms with Crippen molar-refractivity contribution in [1.82, 2.24) is 0 Å². The fourth-order valence-electron chi connectivity index (χ4n) is 2.03. The topological polar surface area (TPSA) is 46.4 Å². The number of benzene rings is 1. The minimum absolute atomic E-state index is 0.201. The molecule has 0 radical (unpaired) electrons. The SMILES string of the molecule is O=[N+]([O-])c1cc(F)c(N2CCC(F)CC2)c(F)c1. The van der Waals surface area contributed by atoms with E-state index in [-0.39, 0.29) is 31.6 Å².